The van der Waals surface area contributed by atoms with E-state index in [0.717, 1.165) is 5.56 Å². The molecule has 0 aliphatic heterocycles. The Morgan fingerprint density at radius 3 is 2.25 bits per heavy atom. The highest BCUT2D eigenvalue weighted by Gasteiger charge is 2.26. The first-order valence-electron chi connectivity index (χ1n) is 6.02. The van der Waals surface area contributed by atoms with Gasteiger partial charge in [0.15, 0.2) is 0 Å². The molecule has 0 bridgehead atoms. The van der Waals surface area contributed by atoms with Crippen molar-refractivity contribution in [3.05, 3.63) is 23.3 Å². The lowest BCUT2D eigenvalue weighted by molar-refractivity contribution is 0.410. The van der Waals surface area contributed by atoms with Crippen molar-refractivity contribution in [3.8, 4) is 5.75 Å². The zero-order chi connectivity index (χ0) is 14.8. The van der Waals surface area contributed by atoms with Crippen LogP contribution in [0, 0.1) is 13.8 Å². The molecular formula is C13H23ClN2O3S. The molecule has 7 heteroatoms. The molecule has 116 valence electrons. The lowest BCUT2D eigenvalue weighted by Crippen LogP contribution is -2.48. The second-order valence-electron chi connectivity index (χ2n) is 5.28. The Balaban J connectivity index is 0.00000361. The van der Waals surface area contributed by atoms with Crippen molar-refractivity contribution in [1.82, 2.24) is 4.72 Å². The molecule has 20 heavy (non-hydrogen) atoms. The zero-order valence-corrected chi connectivity index (χ0v) is 14.1. The van der Waals surface area contributed by atoms with Gasteiger partial charge in [0, 0.05) is 12.1 Å². The van der Waals surface area contributed by atoms with Gasteiger partial charge < -0.3 is 10.5 Å². The maximum absolute atomic E-state index is 12.4. The molecule has 0 fully saturated rings. The monoisotopic (exact) mass is 322 g/mol. The average molecular weight is 323 g/mol. The molecule has 0 aromatic heterocycles. The van der Waals surface area contributed by atoms with E-state index in [1.165, 1.54) is 0 Å². The number of hydrogen-bond acceptors (Lipinski definition) is 4. The zero-order valence-electron chi connectivity index (χ0n) is 12.5. The molecule has 0 saturated heterocycles. The highest BCUT2D eigenvalue weighted by Crippen LogP contribution is 2.26. The number of aryl methyl sites for hydroxylation is 2. The van der Waals surface area contributed by atoms with Crippen molar-refractivity contribution in [2.24, 2.45) is 5.73 Å². The minimum absolute atomic E-state index is 0. The van der Waals surface area contributed by atoms with Crippen LogP contribution >= 0.6 is 12.4 Å². The molecule has 1 aromatic rings. The van der Waals surface area contributed by atoms with Gasteiger partial charge >= 0.3 is 0 Å². The van der Waals surface area contributed by atoms with Gasteiger partial charge in [-0.2, -0.15) is 0 Å². The minimum atomic E-state index is -3.59. The molecule has 0 aliphatic rings. The molecule has 0 aliphatic carbocycles. The molecule has 1 aromatic carbocycles. The normalized spacial score (nSPS) is 11.9. The van der Waals surface area contributed by atoms with E-state index in [2.05, 4.69) is 4.72 Å². The summed E-state index contributed by atoms with van der Waals surface area (Å²) in [6, 6.07) is 3.34. The summed E-state index contributed by atoms with van der Waals surface area (Å²) >= 11 is 0. The number of hydrogen-bond donors (Lipinski definition) is 2. The van der Waals surface area contributed by atoms with Gasteiger partial charge in [-0.3, -0.25) is 0 Å². The van der Waals surface area contributed by atoms with Crippen LogP contribution in [0.1, 0.15) is 25.0 Å². The van der Waals surface area contributed by atoms with Gasteiger partial charge in [-0.15, -0.1) is 12.4 Å². The third-order valence-corrected chi connectivity index (χ3v) is 4.74. The van der Waals surface area contributed by atoms with Gasteiger partial charge in [-0.1, -0.05) is 0 Å². The van der Waals surface area contributed by atoms with Crippen LogP contribution in [0.2, 0.25) is 0 Å². The number of nitrogens with two attached hydrogens (primary N) is 1. The molecule has 0 spiro atoms. The summed E-state index contributed by atoms with van der Waals surface area (Å²) in [6.45, 7) is 7.27. The van der Waals surface area contributed by atoms with E-state index in [4.69, 9.17) is 10.5 Å². The summed E-state index contributed by atoms with van der Waals surface area (Å²) in [4.78, 5) is 0.257. The molecule has 3 N–H and O–H groups in total. The van der Waals surface area contributed by atoms with Crippen molar-refractivity contribution < 1.29 is 13.2 Å². The van der Waals surface area contributed by atoms with Gasteiger partial charge in [0.2, 0.25) is 10.0 Å². The molecular weight excluding hydrogens is 300 g/mol. The second-order valence-corrected chi connectivity index (χ2v) is 6.93. The summed E-state index contributed by atoms with van der Waals surface area (Å²) in [5, 5.41) is 0. The standard InChI is InChI=1S/C13H22N2O3S.ClH/c1-9-7-12(10(2)6-11(9)18-5)19(16,17)15-13(3,4)8-14;/h6-7,15H,8,14H2,1-5H3;1H. The summed E-state index contributed by atoms with van der Waals surface area (Å²) in [5.41, 5.74) is 6.30. The van der Waals surface area contributed by atoms with Crippen molar-refractivity contribution in [2.75, 3.05) is 13.7 Å². The van der Waals surface area contributed by atoms with Crippen molar-refractivity contribution >= 4 is 22.4 Å². The Bertz CT molecular complexity index is 571. The quantitative estimate of drug-likeness (QED) is 0.865. The Labute approximate surface area is 127 Å². The van der Waals surface area contributed by atoms with Crippen LogP contribution in [-0.4, -0.2) is 27.6 Å². The van der Waals surface area contributed by atoms with Crippen LogP contribution < -0.4 is 15.2 Å². The smallest absolute Gasteiger partial charge is 0.241 e. The largest absolute Gasteiger partial charge is 0.496 e. The Morgan fingerprint density at radius 1 is 1.25 bits per heavy atom. The number of benzene rings is 1. The van der Waals surface area contributed by atoms with Crippen LogP contribution in [-0.2, 0) is 10.0 Å². The van der Waals surface area contributed by atoms with Gasteiger partial charge in [0.25, 0.3) is 0 Å². The van der Waals surface area contributed by atoms with Crippen LogP contribution in [0.4, 0.5) is 0 Å². The van der Waals surface area contributed by atoms with E-state index in [1.54, 1.807) is 40.0 Å². The van der Waals surface area contributed by atoms with E-state index in [1.807, 2.05) is 6.92 Å². The SMILES string of the molecule is COc1cc(C)c(S(=O)(=O)NC(C)(C)CN)cc1C.Cl. The van der Waals surface area contributed by atoms with E-state index in [0.29, 0.717) is 11.3 Å². The maximum Gasteiger partial charge on any atom is 0.241 e. The molecule has 0 atom stereocenters. The first-order valence-corrected chi connectivity index (χ1v) is 7.50. The third-order valence-electron chi connectivity index (χ3n) is 2.90. The lowest BCUT2D eigenvalue weighted by atomic mass is 10.1. The Hall–Kier alpha value is -0.820. The molecule has 0 unspecified atom stereocenters. The minimum Gasteiger partial charge on any atom is -0.496 e. The van der Waals surface area contributed by atoms with Crippen LogP contribution in [0.5, 0.6) is 5.75 Å². The topological polar surface area (TPSA) is 81.4 Å². The van der Waals surface area contributed by atoms with Crippen molar-refractivity contribution in [1.29, 1.82) is 0 Å². The third kappa shape index (κ3) is 4.34. The number of sulfonamides is 1. The Kier molecular flexibility index (Phi) is 6.48. The van der Waals surface area contributed by atoms with E-state index < -0.39 is 15.6 Å². The van der Waals surface area contributed by atoms with Gasteiger partial charge in [0.05, 0.1) is 12.0 Å². The maximum atomic E-state index is 12.4. The molecule has 0 amide bonds. The van der Waals surface area contributed by atoms with Gasteiger partial charge in [-0.05, 0) is 51.0 Å². The predicted octanol–water partition coefficient (Wildman–Crippen LogP) is 1.75. The fourth-order valence-corrected chi connectivity index (χ4v) is 3.47. The van der Waals surface area contributed by atoms with E-state index >= 15 is 0 Å². The molecule has 0 radical (unpaired) electrons. The molecule has 0 saturated carbocycles. The summed E-state index contributed by atoms with van der Waals surface area (Å²) in [6.07, 6.45) is 0. The number of ether oxygens (including phenoxy) is 1. The van der Waals surface area contributed by atoms with E-state index in [-0.39, 0.29) is 23.8 Å². The molecule has 1 rings (SSSR count). The molecule has 0 heterocycles. The van der Waals surface area contributed by atoms with Crippen LogP contribution in [0.25, 0.3) is 0 Å². The lowest BCUT2D eigenvalue weighted by Gasteiger charge is -2.24. The van der Waals surface area contributed by atoms with Gasteiger partial charge in [-0.25, -0.2) is 13.1 Å². The van der Waals surface area contributed by atoms with Crippen molar-refractivity contribution in [3.63, 3.8) is 0 Å². The van der Waals surface area contributed by atoms with E-state index in [9.17, 15) is 8.42 Å². The summed E-state index contributed by atoms with van der Waals surface area (Å²) in [5.74, 6) is 0.675. The fourth-order valence-electron chi connectivity index (χ4n) is 1.73. The Morgan fingerprint density at radius 2 is 1.80 bits per heavy atom. The fraction of sp³-hybridized carbons (Fsp3) is 0.538. The summed E-state index contributed by atoms with van der Waals surface area (Å²) < 4.78 is 32.5. The van der Waals surface area contributed by atoms with Crippen molar-refractivity contribution in [2.45, 2.75) is 38.1 Å². The van der Waals surface area contributed by atoms with Crippen LogP contribution in [0.15, 0.2) is 17.0 Å². The summed E-state index contributed by atoms with van der Waals surface area (Å²) in [7, 11) is -2.03. The van der Waals surface area contributed by atoms with Gasteiger partial charge in [0.1, 0.15) is 5.75 Å². The second kappa shape index (κ2) is 6.76. The number of rotatable bonds is 5. The van der Waals surface area contributed by atoms with Crippen LogP contribution in [0.3, 0.4) is 0 Å². The molecule has 5 nitrogen and oxygen atoms in total. The number of halogens is 1. The average Bonchev–Trinajstić information content (AvgIpc) is 2.30. The highest BCUT2D eigenvalue weighted by molar-refractivity contribution is 7.89. The first-order chi connectivity index (χ1) is 8.63. The highest BCUT2D eigenvalue weighted by atomic mass is 35.5. The number of nitrogens with one attached hydrogen (secondary N) is 1. The first kappa shape index (κ1) is 19.2. The number of methoxy groups -OCH3 is 1. The predicted molar refractivity (Wildman–Crippen MR) is 83.2 cm³/mol.